The zero-order valence-corrected chi connectivity index (χ0v) is 7.58. The molecule has 0 amide bonds. The van der Waals surface area contributed by atoms with Gasteiger partial charge in [0.25, 0.3) is 0 Å². The van der Waals surface area contributed by atoms with Crippen LogP contribution in [0.1, 0.15) is 11.1 Å². The van der Waals surface area contributed by atoms with Gasteiger partial charge in [-0.05, 0) is 24.1 Å². The molecule has 0 heterocycles. The number of hydrogen-bond donors (Lipinski definition) is 0. The van der Waals surface area contributed by atoms with Crippen LogP contribution in [-0.2, 0) is 5.33 Å². The highest BCUT2D eigenvalue weighted by Crippen LogP contribution is 2.16. The fraction of sp³-hybridized carbons (Fsp3) is 0.250. The molecular weight excluding hydrogens is 214 g/mol. The van der Waals surface area contributed by atoms with Crippen LogP contribution in [0.15, 0.2) is 12.1 Å². The molecule has 0 spiro atoms. The summed E-state index contributed by atoms with van der Waals surface area (Å²) in [6.07, 6.45) is 0. The lowest BCUT2D eigenvalue weighted by Gasteiger charge is -2.00. The molecule has 0 fully saturated rings. The van der Waals surface area contributed by atoms with E-state index in [0.717, 1.165) is 6.07 Å². The molecule has 0 unspecified atom stereocenters. The lowest BCUT2D eigenvalue weighted by Crippen LogP contribution is -1.90. The zero-order valence-electron chi connectivity index (χ0n) is 6.00. The first-order valence-corrected chi connectivity index (χ1v) is 4.27. The van der Waals surface area contributed by atoms with Crippen molar-refractivity contribution >= 4 is 15.9 Å². The minimum absolute atomic E-state index is 0.417. The molecule has 0 N–H and O–H groups in total. The highest BCUT2D eigenvalue weighted by Gasteiger charge is 2.04. The second-order valence-electron chi connectivity index (χ2n) is 2.33. The van der Waals surface area contributed by atoms with Gasteiger partial charge in [0.1, 0.15) is 11.6 Å². The SMILES string of the molecule is Cc1cc(CBr)c(F)cc1F. The summed E-state index contributed by atoms with van der Waals surface area (Å²) < 4.78 is 25.4. The maximum absolute atomic E-state index is 12.8. The fourth-order valence-corrected chi connectivity index (χ4v) is 1.25. The van der Waals surface area contributed by atoms with Gasteiger partial charge in [0.15, 0.2) is 0 Å². The summed E-state index contributed by atoms with van der Waals surface area (Å²) in [6.45, 7) is 1.61. The van der Waals surface area contributed by atoms with Gasteiger partial charge in [-0.25, -0.2) is 8.78 Å². The van der Waals surface area contributed by atoms with Crippen molar-refractivity contribution in [1.82, 2.24) is 0 Å². The average molecular weight is 221 g/mol. The molecule has 1 aromatic rings. The van der Waals surface area contributed by atoms with Crippen LogP contribution in [0.2, 0.25) is 0 Å². The Labute approximate surface area is 72.4 Å². The summed E-state index contributed by atoms with van der Waals surface area (Å²) in [5.74, 6) is -0.989. The van der Waals surface area contributed by atoms with E-state index in [4.69, 9.17) is 0 Å². The van der Waals surface area contributed by atoms with Crippen LogP contribution in [-0.4, -0.2) is 0 Å². The van der Waals surface area contributed by atoms with E-state index >= 15 is 0 Å². The molecule has 0 aromatic heterocycles. The molecule has 0 aliphatic rings. The normalized spacial score (nSPS) is 10.2. The lowest BCUT2D eigenvalue weighted by atomic mass is 10.1. The van der Waals surface area contributed by atoms with Crippen LogP contribution in [0.4, 0.5) is 8.78 Å². The summed E-state index contributed by atoms with van der Waals surface area (Å²) in [5.41, 5.74) is 0.963. The summed E-state index contributed by atoms with van der Waals surface area (Å²) in [4.78, 5) is 0. The van der Waals surface area contributed by atoms with Crippen molar-refractivity contribution in [2.75, 3.05) is 0 Å². The smallest absolute Gasteiger partial charge is 0.130 e. The van der Waals surface area contributed by atoms with Crippen molar-refractivity contribution < 1.29 is 8.78 Å². The number of benzene rings is 1. The summed E-state index contributed by atoms with van der Waals surface area (Å²) in [5, 5.41) is 0.417. The van der Waals surface area contributed by atoms with E-state index in [1.165, 1.54) is 6.07 Å². The van der Waals surface area contributed by atoms with Crippen LogP contribution in [0.5, 0.6) is 0 Å². The van der Waals surface area contributed by atoms with Crippen molar-refractivity contribution in [3.8, 4) is 0 Å². The van der Waals surface area contributed by atoms with Crippen molar-refractivity contribution in [1.29, 1.82) is 0 Å². The highest BCUT2D eigenvalue weighted by molar-refractivity contribution is 9.08. The molecule has 1 aromatic carbocycles. The van der Waals surface area contributed by atoms with Gasteiger partial charge >= 0.3 is 0 Å². The van der Waals surface area contributed by atoms with Crippen molar-refractivity contribution in [3.05, 3.63) is 34.9 Å². The maximum Gasteiger partial charge on any atom is 0.130 e. The topological polar surface area (TPSA) is 0 Å². The van der Waals surface area contributed by atoms with Crippen molar-refractivity contribution in [2.24, 2.45) is 0 Å². The van der Waals surface area contributed by atoms with Crippen molar-refractivity contribution in [3.63, 3.8) is 0 Å². The second kappa shape index (κ2) is 3.30. The molecule has 0 radical (unpaired) electrons. The maximum atomic E-state index is 12.8. The Morgan fingerprint density at radius 2 is 1.91 bits per heavy atom. The van der Waals surface area contributed by atoms with E-state index in [9.17, 15) is 8.78 Å². The second-order valence-corrected chi connectivity index (χ2v) is 2.89. The first-order chi connectivity index (χ1) is 5.15. The summed E-state index contributed by atoms with van der Waals surface area (Å²) in [6, 6.07) is 2.41. The number of halogens is 3. The van der Waals surface area contributed by atoms with E-state index in [2.05, 4.69) is 15.9 Å². The number of rotatable bonds is 1. The molecule has 60 valence electrons. The Morgan fingerprint density at radius 1 is 1.27 bits per heavy atom. The van der Waals surface area contributed by atoms with E-state index < -0.39 is 11.6 Å². The minimum Gasteiger partial charge on any atom is -0.207 e. The first-order valence-electron chi connectivity index (χ1n) is 3.15. The zero-order chi connectivity index (χ0) is 8.43. The van der Waals surface area contributed by atoms with Gasteiger partial charge in [-0.1, -0.05) is 15.9 Å². The quantitative estimate of drug-likeness (QED) is 0.639. The van der Waals surface area contributed by atoms with Gasteiger partial charge in [-0.2, -0.15) is 0 Å². The molecule has 0 saturated heterocycles. The van der Waals surface area contributed by atoms with Crippen LogP contribution in [0, 0.1) is 18.6 Å². The molecule has 3 heteroatoms. The van der Waals surface area contributed by atoms with Crippen molar-refractivity contribution in [2.45, 2.75) is 12.3 Å². The minimum atomic E-state index is -0.495. The van der Waals surface area contributed by atoms with Gasteiger partial charge in [0.05, 0.1) is 0 Å². The molecule has 0 aliphatic carbocycles. The Kier molecular flexibility index (Phi) is 2.60. The van der Waals surface area contributed by atoms with Gasteiger partial charge < -0.3 is 0 Å². The van der Waals surface area contributed by atoms with Gasteiger partial charge in [0, 0.05) is 11.4 Å². The highest BCUT2D eigenvalue weighted by atomic mass is 79.9. The Balaban J connectivity index is 3.21. The third-order valence-corrected chi connectivity index (χ3v) is 2.08. The van der Waals surface area contributed by atoms with E-state index in [-0.39, 0.29) is 0 Å². The summed E-state index contributed by atoms with van der Waals surface area (Å²) >= 11 is 3.10. The number of alkyl halides is 1. The molecule has 0 nitrogen and oxygen atoms in total. The Hall–Kier alpha value is -0.440. The predicted octanol–water partition coefficient (Wildman–Crippen LogP) is 3.17. The molecule has 11 heavy (non-hydrogen) atoms. The van der Waals surface area contributed by atoms with E-state index in [1.807, 2.05) is 0 Å². The molecule has 0 saturated carbocycles. The van der Waals surface area contributed by atoms with Gasteiger partial charge in [0.2, 0.25) is 0 Å². The lowest BCUT2D eigenvalue weighted by molar-refractivity contribution is 0.571. The molecule has 0 atom stereocenters. The first kappa shape index (κ1) is 8.65. The third kappa shape index (κ3) is 1.77. The standard InChI is InChI=1S/C8H7BrF2/c1-5-2-6(4-9)8(11)3-7(5)10/h2-3H,4H2,1H3. The Morgan fingerprint density at radius 3 is 2.45 bits per heavy atom. The average Bonchev–Trinajstić information content (AvgIpc) is 1.97. The van der Waals surface area contributed by atoms with Gasteiger partial charge in [-0.3, -0.25) is 0 Å². The Bertz CT molecular complexity index is 271. The van der Waals surface area contributed by atoms with Crippen LogP contribution >= 0.6 is 15.9 Å². The van der Waals surface area contributed by atoms with E-state index in [0.29, 0.717) is 16.5 Å². The molecule has 1 rings (SSSR count). The molecule has 0 bridgehead atoms. The van der Waals surface area contributed by atoms with E-state index in [1.54, 1.807) is 6.92 Å². The van der Waals surface area contributed by atoms with Crippen LogP contribution < -0.4 is 0 Å². The largest absolute Gasteiger partial charge is 0.207 e. The van der Waals surface area contributed by atoms with Crippen LogP contribution in [0.3, 0.4) is 0 Å². The number of aryl methyl sites for hydroxylation is 1. The number of hydrogen-bond acceptors (Lipinski definition) is 0. The third-order valence-electron chi connectivity index (χ3n) is 1.47. The molecule has 0 aliphatic heterocycles. The van der Waals surface area contributed by atoms with Crippen LogP contribution in [0.25, 0.3) is 0 Å². The fourth-order valence-electron chi connectivity index (χ4n) is 0.819. The monoisotopic (exact) mass is 220 g/mol. The van der Waals surface area contributed by atoms with Gasteiger partial charge in [-0.15, -0.1) is 0 Å². The predicted molar refractivity (Wildman–Crippen MR) is 43.7 cm³/mol. The summed E-state index contributed by atoms with van der Waals surface area (Å²) in [7, 11) is 0. The molecular formula is C8H7BrF2.